The highest BCUT2D eigenvalue weighted by Crippen LogP contribution is 2.36. The number of aldehydes is 1. The summed E-state index contributed by atoms with van der Waals surface area (Å²) in [6, 6.07) is -0.116. The molecular weight excluding hydrogens is 527 g/mol. The van der Waals surface area contributed by atoms with Crippen molar-refractivity contribution in [3.63, 3.8) is 0 Å². The van der Waals surface area contributed by atoms with E-state index in [0.717, 1.165) is 65.2 Å². The summed E-state index contributed by atoms with van der Waals surface area (Å²) in [6.45, 7) is 13.2. The Balaban J connectivity index is 0.00000129. The Morgan fingerprint density at radius 2 is 1.77 bits per heavy atom. The van der Waals surface area contributed by atoms with Crippen molar-refractivity contribution in [2.75, 3.05) is 20.1 Å². The van der Waals surface area contributed by atoms with E-state index in [0.29, 0.717) is 37.1 Å². The Bertz CT molecular complexity index is 807. The van der Waals surface area contributed by atoms with Gasteiger partial charge in [-0.25, -0.2) is 0 Å². The standard InChI is InChI=1S/C23H42N4O3.C5H8F3NO/c1-17(2)20-11-12-27(5)22(20)23(30)26-21(24-4)14-18(3)19(15-25-16-29)10-8-6-7-9-13-28;1-4(2,3(9)10)5(6,7)8/h13,16-22H,4,6-12,14-15H2,1-3,5H3,(H,25,29)(H,26,30);1-2H3,(H2,9,10)/t18-,19-,20+,21-,22?;/m0./s1. The van der Waals surface area contributed by atoms with Crippen LogP contribution in [0, 0.1) is 29.1 Å². The Hall–Kier alpha value is -2.50. The minimum atomic E-state index is -4.56. The Morgan fingerprint density at radius 3 is 2.23 bits per heavy atom. The second-order valence-corrected chi connectivity index (χ2v) is 11.6. The first-order valence-electron chi connectivity index (χ1n) is 14.0. The number of carbonyl (C=O) groups is 4. The number of carbonyl (C=O) groups excluding carboxylic acids is 4. The van der Waals surface area contributed by atoms with E-state index in [1.54, 1.807) is 0 Å². The number of primary amides is 1. The fourth-order valence-electron chi connectivity index (χ4n) is 4.78. The van der Waals surface area contributed by atoms with E-state index in [1.807, 2.05) is 7.05 Å². The van der Waals surface area contributed by atoms with Gasteiger partial charge in [0.2, 0.25) is 18.2 Å². The van der Waals surface area contributed by atoms with E-state index < -0.39 is 17.5 Å². The molecule has 1 aliphatic rings. The Morgan fingerprint density at radius 1 is 1.15 bits per heavy atom. The van der Waals surface area contributed by atoms with E-state index >= 15 is 0 Å². The second-order valence-electron chi connectivity index (χ2n) is 11.6. The normalized spacial score (nSPS) is 20.1. The monoisotopic (exact) mass is 577 g/mol. The van der Waals surface area contributed by atoms with Crippen LogP contribution in [0.15, 0.2) is 4.99 Å². The van der Waals surface area contributed by atoms with Crippen LogP contribution in [0.5, 0.6) is 0 Å². The molecule has 1 saturated heterocycles. The quantitative estimate of drug-likeness (QED) is 0.138. The fourth-order valence-corrected chi connectivity index (χ4v) is 4.78. The zero-order valence-corrected chi connectivity index (χ0v) is 24.9. The zero-order chi connectivity index (χ0) is 31.1. The minimum absolute atomic E-state index is 0.0368. The van der Waals surface area contributed by atoms with Crippen molar-refractivity contribution in [3.05, 3.63) is 0 Å². The van der Waals surface area contributed by atoms with Gasteiger partial charge in [0.1, 0.15) is 17.9 Å². The smallest absolute Gasteiger partial charge is 0.369 e. The minimum Gasteiger partial charge on any atom is -0.369 e. The number of amides is 3. The summed E-state index contributed by atoms with van der Waals surface area (Å²) in [4.78, 5) is 50.8. The van der Waals surface area contributed by atoms with E-state index in [-0.39, 0.29) is 24.0 Å². The molecule has 5 atom stereocenters. The summed E-state index contributed by atoms with van der Waals surface area (Å²) < 4.78 is 35.4. The molecule has 12 heteroatoms. The number of halogens is 3. The summed E-state index contributed by atoms with van der Waals surface area (Å²) in [5.41, 5.74) is 2.07. The van der Waals surface area contributed by atoms with Crippen LogP contribution in [0.4, 0.5) is 13.2 Å². The van der Waals surface area contributed by atoms with Crippen LogP contribution in [0.2, 0.25) is 0 Å². The third kappa shape index (κ3) is 12.3. The molecule has 0 aromatic rings. The topological polar surface area (TPSA) is 134 Å². The lowest BCUT2D eigenvalue weighted by molar-refractivity contribution is -0.209. The molecule has 0 spiro atoms. The molecule has 0 radical (unpaired) electrons. The fraction of sp³-hybridized carbons (Fsp3) is 0.821. The van der Waals surface area contributed by atoms with Gasteiger partial charge in [-0.3, -0.25) is 24.3 Å². The molecule has 232 valence electrons. The van der Waals surface area contributed by atoms with Crippen molar-refractivity contribution in [2.45, 2.75) is 97.9 Å². The van der Waals surface area contributed by atoms with Crippen molar-refractivity contribution in [1.82, 2.24) is 15.5 Å². The molecule has 0 saturated carbocycles. The highest BCUT2D eigenvalue weighted by Gasteiger charge is 2.51. The molecule has 0 bridgehead atoms. The van der Waals surface area contributed by atoms with Crippen LogP contribution in [-0.2, 0) is 19.2 Å². The average Bonchev–Trinajstić information content (AvgIpc) is 3.26. The predicted molar refractivity (Wildman–Crippen MR) is 150 cm³/mol. The molecular formula is C28H50F3N5O4. The summed E-state index contributed by atoms with van der Waals surface area (Å²) in [5.74, 6) is 0.0490. The predicted octanol–water partition coefficient (Wildman–Crippen LogP) is 3.70. The molecule has 4 N–H and O–H groups in total. The van der Waals surface area contributed by atoms with Gasteiger partial charge in [0.15, 0.2) is 0 Å². The largest absolute Gasteiger partial charge is 0.402 e. The SMILES string of the molecule is C=N[C@H](C[C@H](C)[C@@H](CCCCCC=O)CNC=O)NC(=O)C1[C@@H](C(C)C)CCN1C.CC(C)(C(N)=O)C(F)(F)F. The van der Waals surface area contributed by atoms with Crippen molar-refractivity contribution in [1.29, 1.82) is 0 Å². The summed E-state index contributed by atoms with van der Waals surface area (Å²) in [6.07, 6.45) is 3.05. The molecule has 9 nitrogen and oxygen atoms in total. The Labute approximate surface area is 237 Å². The number of likely N-dealkylation sites (N-methyl/N-ethyl adjacent to an activating group) is 1. The number of nitrogens with zero attached hydrogens (tertiary/aromatic N) is 2. The third-order valence-corrected chi connectivity index (χ3v) is 7.93. The van der Waals surface area contributed by atoms with Crippen LogP contribution < -0.4 is 16.4 Å². The van der Waals surface area contributed by atoms with Crippen LogP contribution in [0.25, 0.3) is 0 Å². The lowest BCUT2D eigenvalue weighted by Crippen LogP contribution is -2.49. The van der Waals surface area contributed by atoms with Gasteiger partial charge >= 0.3 is 6.18 Å². The first-order valence-corrected chi connectivity index (χ1v) is 14.0. The maximum absolute atomic E-state index is 13.0. The Kier molecular flexibility index (Phi) is 16.9. The molecule has 1 aliphatic heterocycles. The van der Waals surface area contributed by atoms with Gasteiger partial charge in [-0.05, 0) is 83.5 Å². The number of alkyl halides is 3. The number of rotatable bonds is 17. The maximum Gasteiger partial charge on any atom is 0.402 e. The van der Waals surface area contributed by atoms with Crippen LogP contribution in [0.3, 0.4) is 0 Å². The molecule has 0 aromatic heterocycles. The zero-order valence-electron chi connectivity index (χ0n) is 24.9. The highest BCUT2D eigenvalue weighted by atomic mass is 19.4. The van der Waals surface area contributed by atoms with E-state index in [2.05, 4.69) is 53.7 Å². The van der Waals surface area contributed by atoms with Crippen molar-refractivity contribution in [2.24, 2.45) is 39.8 Å². The van der Waals surface area contributed by atoms with Crippen LogP contribution in [0.1, 0.15) is 79.6 Å². The van der Waals surface area contributed by atoms with Crippen molar-refractivity contribution < 1.29 is 32.3 Å². The number of nitrogens with two attached hydrogens (primary N) is 1. The summed E-state index contributed by atoms with van der Waals surface area (Å²) in [7, 11) is 2.01. The van der Waals surface area contributed by atoms with E-state index in [1.165, 1.54) is 0 Å². The number of nitrogens with one attached hydrogen (secondary N) is 2. The first-order chi connectivity index (χ1) is 18.5. The molecule has 0 aliphatic carbocycles. The molecule has 3 amide bonds. The summed E-state index contributed by atoms with van der Waals surface area (Å²) >= 11 is 0. The molecule has 40 heavy (non-hydrogen) atoms. The van der Waals surface area contributed by atoms with Gasteiger partial charge in [-0.2, -0.15) is 13.2 Å². The molecule has 1 heterocycles. The molecule has 0 aromatic carbocycles. The van der Waals surface area contributed by atoms with Gasteiger partial charge in [-0.1, -0.05) is 33.6 Å². The van der Waals surface area contributed by atoms with Gasteiger partial charge in [0.05, 0.1) is 6.04 Å². The summed E-state index contributed by atoms with van der Waals surface area (Å²) in [5, 5.41) is 5.92. The maximum atomic E-state index is 13.0. The number of hydrogen-bond donors (Lipinski definition) is 3. The molecule has 1 unspecified atom stereocenters. The molecule has 1 rings (SSSR count). The number of unbranched alkanes of at least 4 members (excludes halogenated alkanes) is 3. The van der Waals surface area contributed by atoms with Gasteiger partial charge in [-0.15, -0.1) is 0 Å². The van der Waals surface area contributed by atoms with E-state index in [4.69, 9.17) is 0 Å². The van der Waals surface area contributed by atoms with Crippen molar-refractivity contribution >= 4 is 31.2 Å². The van der Waals surface area contributed by atoms with Crippen LogP contribution >= 0.6 is 0 Å². The lowest BCUT2D eigenvalue weighted by Gasteiger charge is -2.30. The first kappa shape index (κ1) is 37.5. The van der Waals surface area contributed by atoms with Gasteiger partial charge < -0.3 is 21.2 Å². The lowest BCUT2D eigenvalue weighted by atomic mass is 9.85. The number of aliphatic imine (C=N–C) groups is 1. The van der Waals surface area contributed by atoms with Gasteiger partial charge in [0, 0.05) is 13.0 Å². The number of likely N-dealkylation sites (tertiary alicyclic amines) is 1. The van der Waals surface area contributed by atoms with Crippen molar-refractivity contribution in [3.8, 4) is 0 Å². The van der Waals surface area contributed by atoms with Crippen LogP contribution in [-0.4, -0.2) is 74.6 Å². The highest BCUT2D eigenvalue weighted by molar-refractivity contribution is 5.83. The van der Waals surface area contributed by atoms with E-state index in [9.17, 15) is 32.3 Å². The average molecular weight is 578 g/mol. The van der Waals surface area contributed by atoms with Gasteiger partial charge in [0.25, 0.3) is 0 Å². The third-order valence-electron chi connectivity index (χ3n) is 7.93. The molecule has 1 fully saturated rings. The second kappa shape index (κ2) is 18.0. The number of hydrogen-bond acceptors (Lipinski definition) is 6.